The lowest BCUT2D eigenvalue weighted by atomic mass is 9.97. The summed E-state index contributed by atoms with van der Waals surface area (Å²) in [5.74, 6) is 0. The molecule has 0 aliphatic rings. The van der Waals surface area contributed by atoms with Crippen molar-refractivity contribution in [2.45, 2.75) is 0 Å². The third-order valence-corrected chi connectivity index (χ3v) is 13.8. The van der Waals surface area contributed by atoms with Gasteiger partial charge in [-0.3, -0.25) is 0 Å². The van der Waals surface area contributed by atoms with E-state index in [2.05, 4.69) is 205 Å². The van der Waals surface area contributed by atoms with Gasteiger partial charge in [0.25, 0.3) is 0 Å². The average molecular weight is 776 g/mol. The Hall–Kier alpha value is -6.98. The number of fused-ring (bicyclic) bond motifs is 9. The van der Waals surface area contributed by atoms with Crippen LogP contribution in [0.1, 0.15) is 0 Å². The summed E-state index contributed by atoms with van der Waals surface area (Å²) >= 11 is 3.74. The van der Waals surface area contributed by atoms with Crippen LogP contribution in [-0.2, 0) is 0 Å². The first kappa shape index (κ1) is 33.2. The second kappa shape index (κ2) is 13.3. The summed E-state index contributed by atoms with van der Waals surface area (Å²) < 4.78 is 11.8. The molecule has 0 atom stereocenters. The maximum atomic E-state index is 6.77. The van der Waals surface area contributed by atoms with Crippen LogP contribution in [0, 0.1) is 0 Å². The van der Waals surface area contributed by atoms with Crippen molar-refractivity contribution in [1.29, 1.82) is 0 Å². The minimum absolute atomic E-state index is 0.865. The van der Waals surface area contributed by atoms with Crippen LogP contribution in [0.5, 0.6) is 0 Å². The molecule has 0 saturated carbocycles. The van der Waals surface area contributed by atoms with Gasteiger partial charge in [-0.25, -0.2) is 0 Å². The maximum Gasteiger partial charge on any atom is 0.138 e. The molecule has 2 nitrogen and oxygen atoms in total. The van der Waals surface area contributed by atoms with Crippen LogP contribution < -0.4 is 4.90 Å². The molecule has 3 heterocycles. The summed E-state index contributed by atoms with van der Waals surface area (Å²) in [6.07, 6.45) is 0. The maximum absolute atomic E-state index is 6.77. The van der Waals surface area contributed by atoms with Crippen LogP contribution in [0.4, 0.5) is 17.1 Å². The van der Waals surface area contributed by atoms with Gasteiger partial charge in [-0.2, -0.15) is 0 Å². The fraction of sp³-hybridized carbons (Fsp3) is 0. The van der Waals surface area contributed by atoms with E-state index >= 15 is 0 Å². The van der Waals surface area contributed by atoms with Crippen LogP contribution >= 0.6 is 22.7 Å². The second-order valence-corrected chi connectivity index (χ2v) is 16.9. The molecule has 0 N–H and O–H groups in total. The molecule has 0 aliphatic carbocycles. The van der Waals surface area contributed by atoms with E-state index in [0.29, 0.717) is 0 Å². The van der Waals surface area contributed by atoms with E-state index in [0.717, 1.165) is 50.1 Å². The first-order valence-electron chi connectivity index (χ1n) is 19.6. The van der Waals surface area contributed by atoms with E-state index in [1.54, 1.807) is 0 Å². The molecule has 0 unspecified atom stereocenters. The van der Waals surface area contributed by atoms with E-state index < -0.39 is 0 Å². The molecular weight excluding hydrogens is 743 g/mol. The highest BCUT2D eigenvalue weighted by molar-refractivity contribution is 7.26. The molecule has 0 saturated heterocycles. The van der Waals surface area contributed by atoms with E-state index in [4.69, 9.17) is 4.42 Å². The van der Waals surface area contributed by atoms with Crippen LogP contribution in [0.2, 0.25) is 0 Å². The fourth-order valence-electron chi connectivity index (χ4n) is 8.84. The number of para-hydroxylation sites is 1. The quantitative estimate of drug-likeness (QED) is 0.167. The first-order valence-corrected chi connectivity index (χ1v) is 21.2. The zero-order valence-corrected chi connectivity index (χ0v) is 32.9. The molecule has 0 spiro atoms. The highest BCUT2D eigenvalue weighted by Gasteiger charge is 2.27. The normalized spacial score (nSPS) is 11.8. The monoisotopic (exact) mass is 775 g/mol. The molecule has 0 radical (unpaired) electrons. The number of thiophene rings is 2. The Labute approximate surface area is 343 Å². The number of furan rings is 1. The van der Waals surface area contributed by atoms with Gasteiger partial charge in [-0.1, -0.05) is 152 Å². The van der Waals surface area contributed by atoms with Gasteiger partial charge in [0.05, 0.1) is 22.4 Å². The van der Waals surface area contributed by atoms with Gasteiger partial charge in [0, 0.05) is 45.7 Å². The Bertz CT molecular complexity index is 3510. The lowest BCUT2D eigenvalue weighted by Crippen LogP contribution is -2.11. The predicted octanol–water partition coefficient (Wildman–Crippen LogP) is 16.8. The molecule has 0 fully saturated rings. The second-order valence-electron chi connectivity index (χ2n) is 14.8. The van der Waals surface area contributed by atoms with Crippen molar-refractivity contribution < 1.29 is 4.42 Å². The van der Waals surface area contributed by atoms with Gasteiger partial charge in [-0.05, 0) is 81.9 Å². The summed E-state index contributed by atoms with van der Waals surface area (Å²) in [6, 6.07) is 72.6. The Morgan fingerprint density at radius 2 is 0.966 bits per heavy atom. The van der Waals surface area contributed by atoms with Crippen molar-refractivity contribution in [3.63, 3.8) is 0 Å². The van der Waals surface area contributed by atoms with Gasteiger partial charge >= 0.3 is 0 Å². The molecule has 272 valence electrons. The average Bonchev–Trinajstić information content (AvgIpc) is 3.99. The number of anilines is 3. The third-order valence-electron chi connectivity index (χ3n) is 11.5. The third kappa shape index (κ3) is 5.23. The summed E-state index contributed by atoms with van der Waals surface area (Å²) in [6.45, 7) is 0. The van der Waals surface area contributed by atoms with E-state index in [1.807, 2.05) is 22.7 Å². The predicted molar refractivity (Wildman–Crippen MR) is 250 cm³/mol. The number of nitrogens with zero attached hydrogens (tertiary/aromatic N) is 1. The Morgan fingerprint density at radius 3 is 1.76 bits per heavy atom. The molecule has 3 aromatic heterocycles. The first-order chi connectivity index (χ1) is 28.8. The van der Waals surface area contributed by atoms with Gasteiger partial charge < -0.3 is 9.32 Å². The van der Waals surface area contributed by atoms with Crippen LogP contribution in [0.25, 0.3) is 95.7 Å². The highest BCUT2D eigenvalue weighted by atomic mass is 32.1. The largest absolute Gasteiger partial charge is 0.456 e. The summed E-state index contributed by atoms with van der Waals surface area (Å²) in [4.78, 5) is 2.55. The Balaban J connectivity index is 1.25. The lowest BCUT2D eigenvalue weighted by molar-refractivity contribution is 0.669. The van der Waals surface area contributed by atoms with Crippen molar-refractivity contribution >= 4 is 102 Å². The molecule has 58 heavy (non-hydrogen) atoms. The van der Waals surface area contributed by atoms with Gasteiger partial charge in [0.2, 0.25) is 0 Å². The molecule has 12 aromatic rings. The number of rotatable bonds is 6. The van der Waals surface area contributed by atoms with Gasteiger partial charge in [0.15, 0.2) is 0 Å². The van der Waals surface area contributed by atoms with Crippen molar-refractivity contribution in [2.75, 3.05) is 4.90 Å². The van der Waals surface area contributed by atoms with Crippen LogP contribution in [-0.4, -0.2) is 0 Å². The summed E-state index contributed by atoms with van der Waals surface area (Å²) in [5.41, 5.74) is 12.2. The van der Waals surface area contributed by atoms with E-state index in [-0.39, 0.29) is 0 Å². The van der Waals surface area contributed by atoms with Gasteiger partial charge in [-0.15, -0.1) is 22.7 Å². The Morgan fingerprint density at radius 1 is 0.328 bits per heavy atom. The summed E-state index contributed by atoms with van der Waals surface area (Å²) in [7, 11) is 0. The zero-order chi connectivity index (χ0) is 38.2. The van der Waals surface area contributed by atoms with Crippen molar-refractivity contribution in [2.24, 2.45) is 0 Å². The fourth-order valence-corrected chi connectivity index (χ4v) is 11.3. The van der Waals surface area contributed by atoms with Crippen LogP contribution in [0.3, 0.4) is 0 Å². The minimum atomic E-state index is 0.865. The topological polar surface area (TPSA) is 16.4 Å². The van der Waals surface area contributed by atoms with E-state index in [1.165, 1.54) is 62.6 Å². The SMILES string of the molecule is c1ccc(-c2cc(N(c3cccc4sc5ccccc5c34)c3ccc(-c4ccccc4)c4sc5cc(-c6ccccc6)ccc5c34)c3c(c2)oc2ccccc23)cc1. The lowest BCUT2D eigenvalue weighted by Gasteiger charge is -2.29. The van der Waals surface area contributed by atoms with E-state index in [9.17, 15) is 0 Å². The molecule has 9 aromatic carbocycles. The van der Waals surface area contributed by atoms with Crippen LogP contribution in [0.15, 0.2) is 205 Å². The zero-order valence-electron chi connectivity index (χ0n) is 31.2. The van der Waals surface area contributed by atoms with Crippen molar-refractivity contribution in [3.05, 3.63) is 200 Å². The molecular formula is C54H33NOS2. The molecule has 4 heteroatoms. The number of hydrogen-bond acceptors (Lipinski definition) is 4. The van der Waals surface area contributed by atoms with Gasteiger partial charge in [0.1, 0.15) is 11.2 Å². The Kier molecular flexibility index (Phi) is 7.62. The highest BCUT2D eigenvalue weighted by Crippen LogP contribution is 2.53. The van der Waals surface area contributed by atoms with Crippen molar-refractivity contribution in [1.82, 2.24) is 0 Å². The minimum Gasteiger partial charge on any atom is -0.456 e. The molecule has 0 amide bonds. The number of benzene rings is 9. The molecule has 12 rings (SSSR count). The smallest absolute Gasteiger partial charge is 0.138 e. The molecule has 0 bridgehead atoms. The summed E-state index contributed by atoms with van der Waals surface area (Å²) in [5, 5.41) is 7.18. The number of hydrogen-bond donors (Lipinski definition) is 0. The standard InChI is InChI=1S/C54H33NOS2/c1-4-15-34(16-5-1)37-27-28-42-50(33-37)58-54-39(36-19-8-3-9-20-36)29-30-44(53(42)54)55(43-23-14-26-49-52(43)41-22-11-13-25-48(41)57-49)45-31-38(35-17-6-2-7-18-35)32-47-51(45)40-21-10-12-24-46(40)56-47/h1-33H. The van der Waals surface area contributed by atoms with Crippen molar-refractivity contribution in [3.8, 4) is 33.4 Å². The molecule has 0 aliphatic heterocycles.